The van der Waals surface area contributed by atoms with Crippen LogP contribution in [0.2, 0.25) is 0 Å². The highest BCUT2D eigenvalue weighted by atomic mass is 32.2. The molecule has 3 aromatic carbocycles. The molecule has 0 aliphatic heterocycles. The molecule has 1 N–H and O–H groups in total. The standard InChI is InChI=1S/C21H20N2O4S/c1-23(17-8-4-3-5-9-17)28(25,26)20-11-7-6-10-19(20)21(24)22-16-12-14-18(27-2)15-13-16/h3-15H,1-2H3,(H,22,24). The van der Waals surface area contributed by atoms with Crippen LogP contribution in [0.4, 0.5) is 11.4 Å². The quantitative estimate of drug-likeness (QED) is 0.688. The molecule has 0 spiro atoms. The Kier molecular flexibility index (Phi) is 5.65. The number of nitrogens with zero attached hydrogens (tertiary/aromatic N) is 1. The minimum Gasteiger partial charge on any atom is -0.497 e. The molecule has 0 aliphatic rings. The lowest BCUT2D eigenvalue weighted by atomic mass is 10.2. The van der Waals surface area contributed by atoms with Crippen molar-refractivity contribution < 1.29 is 17.9 Å². The van der Waals surface area contributed by atoms with Gasteiger partial charge in [-0.2, -0.15) is 0 Å². The number of benzene rings is 3. The molecule has 0 radical (unpaired) electrons. The Bertz CT molecular complexity index is 1070. The molecule has 0 aliphatic carbocycles. The number of sulfonamides is 1. The molecule has 0 saturated carbocycles. The van der Waals surface area contributed by atoms with Gasteiger partial charge in [0, 0.05) is 12.7 Å². The fourth-order valence-electron chi connectivity index (χ4n) is 2.68. The number of carbonyl (C=O) groups is 1. The van der Waals surface area contributed by atoms with Crippen LogP contribution in [0.1, 0.15) is 10.4 Å². The SMILES string of the molecule is COc1ccc(NC(=O)c2ccccc2S(=O)(=O)N(C)c2ccccc2)cc1. The van der Waals surface area contributed by atoms with E-state index in [4.69, 9.17) is 4.74 Å². The van der Waals surface area contributed by atoms with Crippen LogP contribution >= 0.6 is 0 Å². The normalized spacial score (nSPS) is 10.9. The maximum Gasteiger partial charge on any atom is 0.264 e. The smallest absolute Gasteiger partial charge is 0.264 e. The van der Waals surface area contributed by atoms with Gasteiger partial charge < -0.3 is 10.1 Å². The minimum atomic E-state index is -3.92. The van der Waals surface area contributed by atoms with E-state index in [2.05, 4.69) is 5.32 Å². The van der Waals surface area contributed by atoms with Crippen LogP contribution in [0.3, 0.4) is 0 Å². The van der Waals surface area contributed by atoms with E-state index in [0.717, 1.165) is 4.31 Å². The second kappa shape index (κ2) is 8.14. The molecule has 0 fully saturated rings. The zero-order chi connectivity index (χ0) is 20.1. The number of rotatable bonds is 6. The summed E-state index contributed by atoms with van der Waals surface area (Å²) in [7, 11) is -0.904. The summed E-state index contributed by atoms with van der Waals surface area (Å²) in [6, 6.07) is 21.6. The van der Waals surface area contributed by atoms with E-state index in [1.165, 1.54) is 19.2 Å². The van der Waals surface area contributed by atoms with Gasteiger partial charge in [0.1, 0.15) is 10.6 Å². The molecular formula is C21H20N2O4S. The zero-order valence-corrected chi connectivity index (χ0v) is 16.3. The Hall–Kier alpha value is -3.32. The summed E-state index contributed by atoms with van der Waals surface area (Å²) in [5.41, 5.74) is 1.11. The number of anilines is 2. The van der Waals surface area contributed by atoms with E-state index < -0.39 is 15.9 Å². The Labute approximate surface area is 164 Å². The highest BCUT2D eigenvalue weighted by molar-refractivity contribution is 7.92. The van der Waals surface area contributed by atoms with Crippen LogP contribution < -0.4 is 14.4 Å². The molecule has 0 aromatic heterocycles. The number of carbonyl (C=O) groups excluding carboxylic acids is 1. The Morgan fingerprint density at radius 2 is 1.50 bits per heavy atom. The van der Waals surface area contributed by atoms with Gasteiger partial charge >= 0.3 is 0 Å². The predicted octanol–water partition coefficient (Wildman–Crippen LogP) is 3.77. The van der Waals surface area contributed by atoms with Crippen molar-refractivity contribution in [3.63, 3.8) is 0 Å². The number of hydrogen-bond acceptors (Lipinski definition) is 4. The highest BCUT2D eigenvalue weighted by Gasteiger charge is 2.26. The van der Waals surface area contributed by atoms with Gasteiger partial charge in [-0.25, -0.2) is 8.42 Å². The Morgan fingerprint density at radius 3 is 2.14 bits per heavy atom. The molecular weight excluding hydrogens is 376 g/mol. The summed E-state index contributed by atoms with van der Waals surface area (Å²) < 4.78 is 32.5. The zero-order valence-electron chi connectivity index (χ0n) is 15.5. The van der Waals surface area contributed by atoms with Gasteiger partial charge in [-0.05, 0) is 48.5 Å². The summed E-state index contributed by atoms with van der Waals surface area (Å²) in [4.78, 5) is 12.7. The average Bonchev–Trinajstić information content (AvgIpc) is 2.74. The fraction of sp³-hybridized carbons (Fsp3) is 0.0952. The molecule has 144 valence electrons. The summed E-state index contributed by atoms with van der Waals surface area (Å²) >= 11 is 0. The van der Waals surface area contributed by atoms with Gasteiger partial charge in [-0.1, -0.05) is 30.3 Å². The second-order valence-corrected chi connectivity index (χ2v) is 7.92. The van der Waals surface area contributed by atoms with Crippen molar-refractivity contribution in [3.05, 3.63) is 84.4 Å². The molecule has 0 heterocycles. The van der Waals surface area contributed by atoms with Crippen molar-refractivity contribution in [1.29, 1.82) is 0 Å². The monoisotopic (exact) mass is 396 g/mol. The first kappa shape index (κ1) is 19.4. The summed E-state index contributed by atoms with van der Waals surface area (Å²) in [6.45, 7) is 0. The number of nitrogens with one attached hydrogen (secondary N) is 1. The third kappa shape index (κ3) is 3.99. The molecule has 0 unspecified atom stereocenters. The molecule has 3 aromatic rings. The Balaban J connectivity index is 1.92. The first-order valence-corrected chi connectivity index (χ1v) is 9.96. The third-order valence-electron chi connectivity index (χ3n) is 4.24. The maximum absolute atomic E-state index is 13.1. The first-order chi connectivity index (χ1) is 13.4. The van der Waals surface area contributed by atoms with Gasteiger partial charge in [0.2, 0.25) is 0 Å². The topological polar surface area (TPSA) is 75.7 Å². The van der Waals surface area contributed by atoms with E-state index in [-0.39, 0.29) is 10.5 Å². The molecule has 7 heteroatoms. The van der Waals surface area contributed by atoms with Crippen LogP contribution in [-0.2, 0) is 10.0 Å². The Morgan fingerprint density at radius 1 is 0.893 bits per heavy atom. The number of hydrogen-bond donors (Lipinski definition) is 1. The number of ether oxygens (including phenoxy) is 1. The molecule has 0 atom stereocenters. The lowest BCUT2D eigenvalue weighted by molar-refractivity contribution is 0.102. The van der Waals surface area contributed by atoms with E-state index in [1.54, 1.807) is 73.8 Å². The van der Waals surface area contributed by atoms with E-state index in [9.17, 15) is 13.2 Å². The summed E-state index contributed by atoms with van der Waals surface area (Å²) in [5, 5.41) is 2.72. The van der Waals surface area contributed by atoms with Crippen molar-refractivity contribution in [1.82, 2.24) is 0 Å². The van der Waals surface area contributed by atoms with Crippen molar-refractivity contribution in [2.24, 2.45) is 0 Å². The van der Waals surface area contributed by atoms with Gasteiger partial charge in [0.15, 0.2) is 0 Å². The number of para-hydroxylation sites is 1. The minimum absolute atomic E-state index is 0.0626. The molecule has 0 bridgehead atoms. The highest BCUT2D eigenvalue weighted by Crippen LogP contribution is 2.25. The van der Waals surface area contributed by atoms with E-state index >= 15 is 0 Å². The van der Waals surface area contributed by atoms with E-state index in [0.29, 0.717) is 17.1 Å². The molecule has 28 heavy (non-hydrogen) atoms. The lowest BCUT2D eigenvalue weighted by Crippen LogP contribution is -2.28. The van der Waals surface area contributed by atoms with Crippen LogP contribution in [0.5, 0.6) is 5.75 Å². The van der Waals surface area contributed by atoms with Gasteiger partial charge in [0.25, 0.3) is 15.9 Å². The van der Waals surface area contributed by atoms with Gasteiger partial charge in [-0.3, -0.25) is 9.10 Å². The maximum atomic E-state index is 13.1. The average molecular weight is 396 g/mol. The second-order valence-electron chi connectivity index (χ2n) is 5.99. The van der Waals surface area contributed by atoms with Crippen molar-refractivity contribution in [2.45, 2.75) is 4.90 Å². The molecule has 6 nitrogen and oxygen atoms in total. The third-order valence-corrected chi connectivity index (χ3v) is 6.08. The summed E-state index contributed by atoms with van der Waals surface area (Å²) in [5.74, 6) is 0.149. The largest absolute Gasteiger partial charge is 0.497 e. The van der Waals surface area contributed by atoms with Crippen LogP contribution in [0.25, 0.3) is 0 Å². The van der Waals surface area contributed by atoms with Crippen LogP contribution in [-0.4, -0.2) is 28.5 Å². The van der Waals surface area contributed by atoms with Crippen molar-refractivity contribution in [2.75, 3.05) is 23.8 Å². The molecule has 1 amide bonds. The predicted molar refractivity (Wildman–Crippen MR) is 109 cm³/mol. The van der Waals surface area contributed by atoms with Crippen molar-refractivity contribution >= 4 is 27.3 Å². The van der Waals surface area contributed by atoms with Crippen LogP contribution in [0, 0.1) is 0 Å². The molecule has 0 saturated heterocycles. The molecule has 3 rings (SSSR count). The number of methoxy groups -OCH3 is 1. The number of amides is 1. The summed E-state index contributed by atoms with van der Waals surface area (Å²) in [6.07, 6.45) is 0. The lowest BCUT2D eigenvalue weighted by Gasteiger charge is -2.21. The van der Waals surface area contributed by atoms with Crippen LogP contribution in [0.15, 0.2) is 83.8 Å². The fourth-order valence-corrected chi connectivity index (χ4v) is 4.06. The first-order valence-electron chi connectivity index (χ1n) is 8.52. The van der Waals surface area contributed by atoms with E-state index in [1.807, 2.05) is 0 Å². The van der Waals surface area contributed by atoms with Gasteiger partial charge in [-0.15, -0.1) is 0 Å². The van der Waals surface area contributed by atoms with Gasteiger partial charge in [0.05, 0.1) is 18.4 Å². The van der Waals surface area contributed by atoms with Crippen molar-refractivity contribution in [3.8, 4) is 5.75 Å².